The smallest absolute Gasteiger partial charge is 0.331 e. The molecule has 0 aromatic heterocycles. The van der Waals surface area contributed by atoms with Crippen LogP contribution in [0.1, 0.15) is 92.4 Å². The maximum Gasteiger partial charge on any atom is 0.331 e. The molecular formula is C34H50O11. The fourth-order valence-corrected chi connectivity index (χ4v) is 10.8. The summed E-state index contributed by atoms with van der Waals surface area (Å²) in [5, 5.41) is 25.1. The number of cyclic esters (lactones) is 1. The maximum atomic E-state index is 12.6. The fourth-order valence-electron chi connectivity index (χ4n) is 10.8. The standard InChI is InChI=1S/C34H50O11/c1-18-27(43-19(2)35)28(40-6)29(44-20(3)36)30(42-18)45-23-8-11-31(4)22(16-23)7-13-33(38)25(31)10-12-32(5)24(9-14-34(32,33)39)21-15-26(37)41-17-21/h15,18,22-25,27-30,38-39H,7-14,16-17H2,1-6H3/t18-,22+,23-,24+,25+,27-,28+,29-,30-,31-,32+,33-,34+/m0/s1. The van der Waals surface area contributed by atoms with Gasteiger partial charge in [-0.05, 0) is 93.5 Å². The van der Waals surface area contributed by atoms with Crippen molar-refractivity contribution in [1.82, 2.24) is 0 Å². The van der Waals surface area contributed by atoms with E-state index in [1.54, 1.807) is 13.0 Å². The first-order valence-corrected chi connectivity index (χ1v) is 16.7. The third kappa shape index (κ3) is 5.07. The van der Waals surface area contributed by atoms with Crippen LogP contribution in [0.2, 0.25) is 0 Å². The molecule has 0 spiro atoms. The molecule has 4 aliphatic carbocycles. The number of fused-ring (bicyclic) bond motifs is 5. The molecule has 5 fully saturated rings. The minimum atomic E-state index is -1.25. The first-order valence-electron chi connectivity index (χ1n) is 16.7. The topological polar surface area (TPSA) is 147 Å². The van der Waals surface area contributed by atoms with Crippen LogP contribution in [0.25, 0.3) is 0 Å². The maximum absolute atomic E-state index is 12.6. The lowest BCUT2D eigenvalue weighted by Crippen LogP contribution is -2.73. The minimum Gasteiger partial charge on any atom is -0.458 e. The number of hydrogen-bond acceptors (Lipinski definition) is 11. The molecule has 13 atom stereocenters. The number of aliphatic hydroxyl groups is 2. The summed E-state index contributed by atoms with van der Waals surface area (Å²) in [7, 11) is 1.48. The van der Waals surface area contributed by atoms with E-state index in [0.29, 0.717) is 12.8 Å². The number of esters is 3. The molecule has 0 unspecified atom stereocenters. The van der Waals surface area contributed by atoms with Gasteiger partial charge in [0, 0.05) is 32.4 Å². The van der Waals surface area contributed by atoms with E-state index in [9.17, 15) is 24.6 Å². The SMILES string of the molecule is CO[C@H]1[C@H](OC(C)=O)[C@H](O[C@H]2CC[C@@]3(C)[C@H](CC[C@]4(O)[C@@H]3CC[C@]3(C)[C@@H](C5=CC(=O)OC5)CC[C@@]34O)C2)O[C@@H](C)[C@@H]1OC(C)=O. The van der Waals surface area contributed by atoms with Crippen molar-refractivity contribution in [2.75, 3.05) is 13.7 Å². The highest BCUT2D eigenvalue weighted by molar-refractivity contribution is 5.85. The first kappa shape index (κ1) is 32.9. The van der Waals surface area contributed by atoms with E-state index in [2.05, 4.69) is 13.8 Å². The Morgan fingerprint density at radius 3 is 2.29 bits per heavy atom. The largest absolute Gasteiger partial charge is 0.458 e. The molecular weight excluding hydrogens is 584 g/mol. The summed E-state index contributed by atoms with van der Waals surface area (Å²) in [5.74, 6) is -1.12. The normalized spacial score (nSPS) is 49.2. The summed E-state index contributed by atoms with van der Waals surface area (Å²) in [6.07, 6.45) is 3.85. The highest BCUT2D eigenvalue weighted by Crippen LogP contribution is 2.71. The van der Waals surface area contributed by atoms with Gasteiger partial charge in [0.2, 0.25) is 0 Å². The lowest BCUT2D eigenvalue weighted by atomic mass is 9.41. The monoisotopic (exact) mass is 634 g/mol. The van der Waals surface area contributed by atoms with Gasteiger partial charge >= 0.3 is 17.9 Å². The van der Waals surface area contributed by atoms with Gasteiger partial charge in [-0.15, -0.1) is 0 Å². The van der Waals surface area contributed by atoms with Crippen LogP contribution in [-0.2, 0) is 42.8 Å². The lowest BCUT2D eigenvalue weighted by molar-refractivity contribution is -0.322. The van der Waals surface area contributed by atoms with Gasteiger partial charge in [-0.2, -0.15) is 0 Å². The summed E-state index contributed by atoms with van der Waals surface area (Å²) >= 11 is 0. The van der Waals surface area contributed by atoms with Gasteiger partial charge in [-0.1, -0.05) is 13.8 Å². The molecule has 1 saturated heterocycles. The van der Waals surface area contributed by atoms with Crippen molar-refractivity contribution >= 4 is 17.9 Å². The number of hydrogen-bond donors (Lipinski definition) is 2. The Labute approximate surface area is 265 Å². The van der Waals surface area contributed by atoms with Crippen LogP contribution in [0.5, 0.6) is 0 Å². The second-order valence-electron chi connectivity index (χ2n) is 15.0. The minimum absolute atomic E-state index is 0.00742. The van der Waals surface area contributed by atoms with E-state index < -0.39 is 59.3 Å². The van der Waals surface area contributed by atoms with E-state index in [4.69, 9.17) is 28.4 Å². The van der Waals surface area contributed by atoms with Crippen molar-refractivity contribution < 1.29 is 53.0 Å². The Kier molecular flexibility index (Phi) is 8.46. The van der Waals surface area contributed by atoms with Crippen molar-refractivity contribution in [2.24, 2.45) is 28.6 Å². The molecule has 0 amide bonds. The predicted molar refractivity (Wildman–Crippen MR) is 158 cm³/mol. The van der Waals surface area contributed by atoms with Crippen molar-refractivity contribution in [1.29, 1.82) is 0 Å². The van der Waals surface area contributed by atoms with Crippen molar-refractivity contribution in [2.45, 2.75) is 140 Å². The molecule has 0 radical (unpaired) electrons. The number of carbonyl (C=O) groups is 3. The van der Waals surface area contributed by atoms with E-state index in [1.807, 2.05) is 0 Å². The van der Waals surface area contributed by atoms with E-state index in [-0.39, 0.29) is 41.8 Å². The molecule has 0 aromatic rings. The van der Waals surface area contributed by atoms with E-state index in [0.717, 1.165) is 50.5 Å². The number of carbonyl (C=O) groups excluding carboxylic acids is 3. The van der Waals surface area contributed by atoms with Gasteiger partial charge in [-0.25, -0.2) is 4.79 Å². The molecule has 2 N–H and O–H groups in total. The molecule has 252 valence electrons. The number of rotatable bonds is 6. The molecule has 45 heavy (non-hydrogen) atoms. The van der Waals surface area contributed by atoms with Crippen LogP contribution in [0.4, 0.5) is 0 Å². The first-order chi connectivity index (χ1) is 21.2. The summed E-state index contributed by atoms with van der Waals surface area (Å²) in [6, 6.07) is 0. The highest BCUT2D eigenvalue weighted by atomic mass is 16.7. The van der Waals surface area contributed by atoms with Gasteiger partial charge in [0.05, 0.1) is 23.4 Å². The molecule has 0 bridgehead atoms. The van der Waals surface area contributed by atoms with Crippen LogP contribution < -0.4 is 0 Å². The second kappa shape index (κ2) is 11.6. The van der Waals surface area contributed by atoms with Gasteiger partial charge in [0.15, 0.2) is 18.5 Å². The average molecular weight is 635 g/mol. The third-order valence-corrected chi connectivity index (χ3v) is 13.0. The zero-order valence-electron chi connectivity index (χ0n) is 27.4. The Balaban J connectivity index is 1.18. The predicted octanol–water partition coefficient (Wildman–Crippen LogP) is 3.37. The van der Waals surface area contributed by atoms with Crippen LogP contribution in [-0.4, -0.2) is 89.8 Å². The lowest BCUT2D eigenvalue weighted by Gasteiger charge is -2.67. The van der Waals surface area contributed by atoms with E-state index in [1.165, 1.54) is 21.0 Å². The van der Waals surface area contributed by atoms with Crippen LogP contribution >= 0.6 is 0 Å². The summed E-state index contributed by atoms with van der Waals surface area (Å²) in [5.41, 5.74) is -2.27. The molecule has 0 aromatic carbocycles. The third-order valence-electron chi connectivity index (χ3n) is 13.0. The second-order valence-corrected chi connectivity index (χ2v) is 15.0. The molecule has 11 nitrogen and oxygen atoms in total. The van der Waals surface area contributed by atoms with Crippen molar-refractivity contribution in [3.63, 3.8) is 0 Å². The van der Waals surface area contributed by atoms with Gasteiger partial charge in [-0.3, -0.25) is 9.59 Å². The quantitative estimate of drug-likeness (QED) is 0.252. The number of ether oxygens (including phenoxy) is 6. The summed E-state index contributed by atoms with van der Waals surface area (Å²) < 4.78 is 34.8. The summed E-state index contributed by atoms with van der Waals surface area (Å²) in [6.45, 7) is 9.06. The molecule has 6 aliphatic rings. The van der Waals surface area contributed by atoms with Crippen molar-refractivity contribution in [3.8, 4) is 0 Å². The number of methoxy groups -OCH3 is 1. The zero-order valence-corrected chi connectivity index (χ0v) is 27.4. The van der Waals surface area contributed by atoms with Gasteiger partial charge in [0.25, 0.3) is 0 Å². The molecule has 2 heterocycles. The van der Waals surface area contributed by atoms with Gasteiger partial charge in [0.1, 0.15) is 12.7 Å². The molecule has 6 rings (SSSR count). The van der Waals surface area contributed by atoms with Crippen LogP contribution in [0, 0.1) is 28.6 Å². The Morgan fingerprint density at radius 2 is 1.64 bits per heavy atom. The fraction of sp³-hybridized carbons (Fsp3) is 0.853. The molecule has 4 saturated carbocycles. The average Bonchev–Trinajstić information content (AvgIpc) is 3.51. The van der Waals surface area contributed by atoms with Gasteiger partial charge < -0.3 is 38.6 Å². The molecule has 11 heteroatoms. The van der Waals surface area contributed by atoms with Crippen LogP contribution in [0.15, 0.2) is 11.6 Å². The van der Waals surface area contributed by atoms with Crippen LogP contribution in [0.3, 0.4) is 0 Å². The Morgan fingerprint density at radius 1 is 0.933 bits per heavy atom. The Bertz CT molecular complexity index is 1230. The van der Waals surface area contributed by atoms with Crippen molar-refractivity contribution in [3.05, 3.63) is 11.6 Å². The van der Waals surface area contributed by atoms with E-state index >= 15 is 0 Å². The highest BCUT2D eigenvalue weighted by Gasteiger charge is 2.74. The summed E-state index contributed by atoms with van der Waals surface area (Å²) in [4.78, 5) is 35.8. The Hall–Kier alpha value is -2.05. The zero-order chi connectivity index (χ0) is 32.5. The molecule has 2 aliphatic heterocycles.